The molecule has 0 saturated carbocycles. The zero-order chi connectivity index (χ0) is 18.1. The molecule has 0 fully saturated rings. The quantitative estimate of drug-likeness (QED) is 0.613. The zero-order valence-corrected chi connectivity index (χ0v) is 14.4. The predicted molar refractivity (Wildman–Crippen MR) is 97.2 cm³/mol. The van der Waals surface area contributed by atoms with Crippen LogP contribution in [-0.2, 0) is 6.54 Å². The summed E-state index contributed by atoms with van der Waals surface area (Å²) in [7, 11) is 1.65. The van der Waals surface area contributed by atoms with E-state index in [-0.39, 0.29) is 11.7 Å². The molecular formula is C19H17N5O2. The van der Waals surface area contributed by atoms with E-state index in [2.05, 4.69) is 20.4 Å². The standard InChI is InChI=1S/C19H17N5O2/c1-12-7-8-20-19-22-17(23-24(12)19)18(25)21-11-13-3-4-15-10-16(26-2)6-5-14(15)9-13/h3-10H,11H2,1-2H3,(H,21,25). The number of nitrogens with zero attached hydrogens (tertiary/aromatic N) is 4. The Morgan fingerprint density at radius 1 is 1.15 bits per heavy atom. The van der Waals surface area contributed by atoms with Crippen molar-refractivity contribution < 1.29 is 9.53 Å². The number of hydrogen-bond acceptors (Lipinski definition) is 5. The number of carbonyl (C=O) groups is 1. The van der Waals surface area contributed by atoms with Crippen molar-refractivity contribution in [3.8, 4) is 5.75 Å². The van der Waals surface area contributed by atoms with Crippen LogP contribution in [0.25, 0.3) is 16.6 Å². The SMILES string of the molecule is COc1ccc2cc(CNC(=O)c3nc4nccc(C)n4n3)ccc2c1. The maximum atomic E-state index is 12.4. The monoisotopic (exact) mass is 347 g/mol. The normalized spacial score (nSPS) is 11.0. The summed E-state index contributed by atoms with van der Waals surface area (Å²) in [4.78, 5) is 20.6. The molecule has 4 aromatic rings. The summed E-state index contributed by atoms with van der Waals surface area (Å²) < 4.78 is 6.79. The maximum Gasteiger partial charge on any atom is 0.291 e. The molecule has 0 aliphatic carbocycles. The first kappa shape index (κ1) is 16.0. The number of nitrogens with one attached hydrogen (secondary N) is 1. The summed E-state index contributed by atoms with van der Waals surface area (Å²) in [5.74, 6) is 1.01. The molecule has 0 saturated heterocycles. The van der Waals surface area contributed by atoms with Crippen molar-refractivity contribution in [2.24, 2.45) is 0 Å². The number of amides is 1. The molecule has 7 heteroatoms. The predicted octanol–water partition coefficient (Wildman–Crippen LogP) is 2.52. The lowest BCUT2D eigenvalue weighted by atomic mass is 10.1. The molecule has 0 aliphatic heterocycles. The Kier molecular flexibility index (Phi) is 3.96. The van der Waals surface area contributed by atoms with Crippen molar-refractivity contribution in [2.75, 3.05) is 7.11 Å². The summed E-state index contributed by atoms with van der Waals surface area (Å²) in [6.45, 7) is 2.28. The number of aromatic nitrogens is 4. The van der Waals surface area contributed by atoms with Gasteiger partial charge in [0.1, 0.15) is 5.75 Å². The van der Waals surface area contributed by atoms with Crippen molar-refractivity contribution in [1.29, 1.82) is 0 Å². The number of methoxy groups -OCH3 is 1. The highest BCUT2D eigenvalue weighted by molar-refractivity contribution is 5.91. The fourth-order valence-corrected chi connectivity index (χ4v) is 2.77. The minimum absolute atomic E-state index is 0.109. The van der Waals surface area contributed by atoms with Crippen LogP contribution in [0, 0.1) is 6.92 Å². The maximum absolute atomic E-state index is 12.4. The van der Waals surface area contributed by atoms with E-state index >= 15 is 0 Å². The summed E-state index contributed by atoms with van der Waals surface area (Å²) in [6.07, 6.45) is 1.64. The van der Waals surface area contributed by atoms with Crippen molar-refractivity contribution in [3.05, 3.63) is 65.7 Å². The molecule has 0 aliphatic rings. The van der Waals surface area contributed by atoms with Gasteiger partial charge in [-0.05, 0) is 47.5 Å². The summed E-state index contributed by atoms with van der Waals surface area (Å²) >= 11 is 0. The molecule has 1 amide bonds. The van der Waals surface area contributed by atoms with Gasteiger partial charge in [0.15, 0.2) is 0 Å². The van der Waals surface area contributed by atoms with Crippen LogP contribution >= 0.6 is 0 Å². The smallest absolute Gasteiger partial charge is 0.291 e. The van der Waals surface area contributed by atoms with Gasteiger partial charge in [0.2, 0.25) is 5.82 Å². The molecule has 7 nitrogen and oxygen atoms in total. The highest BCUT2D eigenvalue weighted by atomic mass is 16.5. The average Bonchev–Trinajstić information content (AvgIpc) is 3.11. The highest BCUT2D eigenvalue weighted by Gasteiger charge is 2.14. The average molecular weight is 347 g/mol. The Morgan fingerprint density at radius 2 is 1.96 bits per heavy atom. The van der Waals surface area contributed by atoms with Crippen LogP contribution in [0.5, 0.6) is 5.75 Å². The molecule has 0 radical (unpaired) electrons. The molecule has 0 unspecified atom stereocenters. The number of rotatable bonds is 4. The fourth-order valence-electron chi connectivity index (χ4n) is 2.77. The van der Waals surface area contributed by atoms with Crippen molar-refractivity contribution >= 4 is 22.5 Å². The van der Waals surface area contributed by atoms with Crippen LogP contribution in [0.2, 0.25) is 0 Å². The first-order valence-corrected chi connectivity index (χ1v) is 8.17. The Labute approximate surface area is 149 Å². The van der Waals surface area contributed by atoms with Crippen LogP contribution < -0.4 is 10.1 Å². The molecule has 2 aromatic carbocycles. The zero-order valence-electron chi connectivity index (χ0n) is 14.4. The topological polar surface area (TPSA) is 81.4 Å². The lowest BCUT2D eigenvalue weighted by Gasteiger charge is -2.06. The van der Waals surface area contributed by atoms with Crippen LogP contribution in [0.4, 0.5) is 0 Å². The van der Waals surface area contributed by atoms with Gasteiger partial charge in [-0.2, -0.15) is 4.98 Å². The number of ether oxygens (including phenoxy) is 1. The van der Waals surface area contributed by atoms with E-state index in [1.165, 1.54) is 0 Å². The first-order valence-electron chi connectivity index (χ1n) is 8.17. The van der Waals surface area contributed by atoms with Gasteiger partial charge in [0.05, 0.1) is 7.11 Å². The van der Waals surface area contributed by atoms with E-state index in [9.17, 15) is 4.79 Å². The lowest BCUT2D eigenvalue weighted by molar-refractivity contribution is 0.0940. The fraction of sp³-hybridized carbons (Fsp3) is 0.158. The van der Waals surface area contributed by atoms with Gasteiger partial charge in [-0.3, -0.25) is 4.79 Å². The second-order valence-electron chi connectivity index (χ2n) is 5.96. The molecule has 0 bridgehead atoms. The van der Waals surface area contributed by atoms with E-state index in [1.807, 2.05) is 49.4 Å². The van der Waals surface area contributed by atoms with Crippen molar-refractivity contribution in [2.45, 2.75) is 13.5 Å². The Balaban J connectivity index is 1.51. The first-order chi connectivity index (χ1) is 12.6. The van der Waals surface area contributed by atoms with Gasteiger partial charge in [0, 0.05) is 18.4 Å². The number of benzene rings is 2. The summed E-state index contributed by atoms with van der Waals surface area (Å²) in [6, 6.07) is 13.7. The summed E-state index contributed by atoms with van der Waals surface area (Å²) in [5.41, 5.74) is 1.86. The van der Waals surface area contributed by atoms with Crippen LogP contribution in [0.15, 0.2) is 48.7 Å². The van der Waals surface area contributed by atoms with E-state index in [4.69, 9.17) is 4.74 Å². The van der Waals surface area contributed by atoms with Crippen LogP contribution in [0.3, 0.4) is 0 Å². The van der Waals surface area contributed by atoms with E-state index in [1.54, 1.807) is 17.8 Å². The number of fused-ring (bicyclic) bond motifs is 2. The second kappa shape index (κ2) is 6.44. The van der Waals surface area contributed by atoms with Gasteiger partial charge >= 0.3 is 0 Å². The van der Waals surface area contributed by atoms with Gasteiger partial charge in [-0.15, -0.1) is 5.10 Å². The number of hydrogen-bond donors (Lipinski definition) is 1. The van der Waals surface area contributed by atoms with Crippen LogP contribution in [-0.4, -0.2) is 32.6 Å². The van der Waals surface area contributed by atoms with Gasteiger partial charge in [-0.1, -0.05) is 18.2 Å². The molecular weight excluding hydrogens is 330 g/mol. The number of carbonyl (C=O) groups excluding carboxylic acids is 1. The molecule has 1 N–H and O–H groups in total. The van der Waals surface area contributed by atoms with Gasteiger partial charge in [0.25, 0.3) is 11.7 Å². The molecule has 0 atom stereocenters. The third-order valence-corrected chi connectivity index (χ3v) is 4.20. The molecule has 2 heterocycles. The molecule has 26 heavy (non-hydrogen) atoms. The lowest BCUT2D eigenvalue weighted by Crippen LogP contribution is -2.24. The second-order valence-corrected chi connectivity index (χ2v) is 5.96. The highest BCUT2D eigenvalue weighted by Crippen LogP contribution is 2.21. The van der Waals surface area contributed by atoms with Crippen molar-refractivity contribution in [3.63, 3.8) is 0 Å². The minimum Gasteiger partial charge on any atom is -0.497 e. The third kappa shape index (κ3) is 2.95. The molecule has 130 valence electrons. The Morgan fingerprint density at radius 3 is 2.77 bits per heavy atom. The molecule has 0 spiro atoms. The third-order valence-electron chi connectivity index (χ3n) is 4.20. The van der Waals surface area contributed by atoms with Gasteiger partial charge < -0.3 is 10.1 Å². The van der Waals surface area contributed by atoms with E-state index < -0.39 is 0 Å². The summed E-state index contributed by atoms with van der Waals surface area (Å²) in [5, 5.41) is 9.24. The molecule has 2 aromatic heterocycles. The van der Waals surface area contributed by atoms with Crippen LogP contribution in [0.1, 0.15) is 21.9 Å². The van der Waals surface area contributed by atoms with Crippen molar-refractivity contribution in [1.82, 2.24) is 24.9 Å². The van der Waals surface area contributed by atoms with E-state index in [0.717, 1.165) is 27.8 Å². The van der Waals surface area contributed by atoms with E-state index in [0.29, 0.717) is 12.3 Å². The van der Waals surface area contributed by atoms with Gasteiger partial charge in [-0.25, -0.2) is 9.50 Å². The largest absolute Gasteiger partial charge is 0.497 e. The molecule has 4 rings (SSSR count). The Bertz CT molecular complexity index is 1120. The Hall–Kier alpha value is -3.48. The number of aryl methyl sites for hydroxylation is 1. The minimum atomic E-state index is -0.329.